The van der Waals surface area contributed by atoms with Gasteiger partial charge < -0.3 is 4.90 Å². The first-order valence-corrected chi connectivity index (χ1v) is 10.7. The maximum absolute atomic E-state index is 2.91. The Kier molecular flexibility index (Phi) is 4.32. The predicted molar refractivity (Wildman–Crippen MR) is 102 cm³/mol. The molecule has 138 valence electrons. The van der Waals surface area contributed by atoms with Crippen molar-refractivity contribution in [3.63, 3.8) is 0 Å². The van der Waals surface area contributed by atoms with Crippen LogP contribution in [0.15, 0.2) is 0 Å². The second-order valence-corrected chi connectivity index (χ2v) is 11.2. The molecule has 2 atom stereocenters. The third kappa shape index (κ3) is 3.07. The molecule has 2 heterocycles. The van der Waals surface area contributed by atoms with E-state index in [-0.39, 0.29) is 0 Å². The molecule has 2 aliphatic heterocycles. The number of rotatable bonds is 2. The van der Waals surface area contributed by atoms with Crippen molar-refractivity contribution in [2.45, 2.75) is 85.2 Å². The molecule has 0 aromatic rings. The highest BCUT2D eigenvalue weighted by Gasteiger charge is 2.52. The molecule has 4 aliphatic rings. The van der Waals surface area contributed by atoms with Crippen LogP contribution in [-0.2, 0) is 0 Å². The van der Waals surface area contributed by atoms with Gasteiger partial charge in [-0.1, -0.05) is 20.8 Å². The van der Waals surface area contributed by atoms with Crippen LogP contribution in [0.5, 0.6) is 0 Å². The van der Waals surface area contributed by atoms with Crippen LogP contribution in [0.4, 0.5) is 0 Å². The first-order chi connectivity index (χ1) is 11.3. The Morgan fingerprint density at radius 3 is 1.92 bits per heavy atom. The fourth-order valence-corrected chi connectivity index (χ4v) is 6.46. The summed E-state index contributed by atoms with van der Waals surface area (Å²) >= 11 is 0. The maximum Gasteiger partial charge on any atom is 0.0106 e. The van der Waals surface area contributed by atoms with Crippen LogP contribution >= 0.6 is 0 Å². The summed E-state index contributed by atoms with van der Waals surface area (Å²) in [4.78, 5) is 5.60. The smallest absolute Gasteiger partial charge is 0.0106 e. The summed E-state index contributed by atoms with van der Waals surface area (Å²) in [6.07, 6.45) is 8.98. The molecule has 1 spiro atoms. The van der Waals surface area contributed by atoms with Crippen LogP contribution in [0.1, 0.15) is 73.1 Å². The minimum absolute atomic E-state index is 0.528. The zero-order valence-electron chi connectivity index (χ0n) is 16.9. The number of piperidine rings is 1. The summed E-state index contributed by atoms with van der Waals surface area (Å²) in [5.74, 6) is 3.02. The molecular weight excluding hydrogens is 292 g/mol. The van der Waals surface area contributed by atoms with E-state index in [9.17, 15) is 0 Å². The summed E-state index contributed by atoms with van der Waals surface area (Å²) in [6.45, 7) is 17.6. The van der Waals surface area contributed by atoms with Gasteiger partial charge in [0.25, 0.3) is 0 Å². The number of likely N-dealkylation sites (tertiary alicyclic amines) is 2. The molecule has 2 saturated carbocycles. The fraction of sp³-hybridized carbons (Fsp3) is 1.00. The number of hydrogen-bond acceptors (Lipinski definition) is 2. The Bertz CT molecular complexity index is 433. The summed E-state index contributed by atoms with van der Waals surface area (Å²) in [7, 11) is 0. The highest BCUT2D eigenvalue weighted by atomic mass is 15.2. The standard InChI is InChI=1S/C22H40N2/c1-16(2)23-8-6-22(7-9-23)12-20(13-22)24-14-17-10-19(21(3,4)5)11-18(17)15-24/h16-20H,6-15H2,1-5H3. The number of hydrogen-bond donors (Lipinski definition) is 0. The van der Waals surface area contributed by atoms with Crippen molar-refractivity contribution >= 4 is 0 Å². The molecule has 2 aliphatic carbocycles. The minimum atomic E-state index is 0.528. The largest absolute Gasteiger partial charge is 0.301 e. The van der Waals surface area contributed by atoms with Gasteiger partial charge in [0.1, 0.15) is 0 Å². The second kappa shape index (κ2) is 5.98. The van der Waals surface area contributed by atoms with E-state index in [1.54, 1.807) is 0 Å². The minimum Gasteiger partial charge on any atom is -0.301 e. The van der Waals surface area contributed by atoms with Gasteiger partial charge in [-0.05, 0) is 94.0 Å². The van der Waals surface area contributed by atoms with Crippen LogP contribution in [0, 0.1) is 28.6 Å². The molecule has 0 aromatic heterocycles. The van der Waals surface area contributed by atoms with Crippen LogP contribution < -0.4 is 0 Å². The SMILES string of the molecule is CC(C)N1CCC2(CC1)CC(N1CC3CC(C(C)(C)C)CC3C1)C2. The molecule has 0 N–H and O–H groups in total. The van der Waals surface area contributed by atoms with Gasteiger partial charge >= 0.3 is 0 Å². The van der Waals surface area contributed by atoms with E-state index in [2.05, 4.69) is 44.4 Å². The van der Waals surface area contributed by atoms with E-state index in [0.29, 0.717) is 5.41 Å². The third-order valence-electron chi connectivity index (χ3n) is 8.45. The molecular formula is C22H40N2. The first-order valence-electron chi connectivity index (χ1n) is 10.7. The van der Waals surface area contributed by atoms with E-state index in [1.165, 1.54) is 64.7 Å². The summed E-state index contributed by atoms with van der Waals surface area (Å²) in [5, 5.41) is 0. The molecule has 2 nitrogen and oxygen atoms in total. The van der Waals surface area contributed by atoms with E-state index in [1.807, 2.05) is 0 Å². The quantitative estimate of drug-likeness (QED) is 0.726. The van der Waals surface area contributed by atoms with E-state index in [4.69, 9.17) is 0 Å². The lowest BCUT2D eigenvalue weighted by Crippen LogP contribution is -2.55. The second-order valence-electron chi connectivity index (χ2n) is 11.2. The molecule has 0 aromatic carbocycles. The van der Waals surface area contributed by atoms with Gasteiger partial charge in [0.2, 0.25) is 0 Å². The third-order valence-corrected chi connectivity index (χ3v) is 8.45. The topological polar surface area (TPSA) is 6.48 Å². The van der Waals surface area contributed by atoms with Crippen molar-refractivity contribution in [1.29, 1.82) is 0 Å². The Hall–Kier alpha value is -0.0800. The molecule has 2 heteroatoms. The zero-order valence-corrected chi connectivity index (χ0v) is 16.9. The normalized spacial score (nSPS) is 38.0. The molecule has 0 amide bonds. The molecule has 2 saturated heterocycles. The van der Waals surface area contributed by atoms with Gasteiger partial charge in [-0.2, -0.15) is 0 Å². The Morgan fingerprint density at radius 1 is 0.917 bits per heavy atom. The molecule has 2 unspecified atom stereocenters. The van der Waals surface area contributed by atoms with Crippen LogP contribution in [0.2, 0.25) is 0 Å². The van der Waals surface area contributed by atoms with Gasteiger partial charge in [-0.15, -0.1) is 0 Å². The van der Waals surface area contributed by atoms with Gasteiger partial charge in [0.15, 0.2) is 0 Å². The number of nitrogens with zero attached hydrogens (tertiary/aromatic N) is 2. The average Bonchev–Trinajstić information content (AvgIpc) is 3.02. The van der Waals surface area contributed by atoms with Crippen molar-refractivity contribution in [2.75, 3.05) is 26.2 Å². The lowest BCUT2D eigenvalue weighted by Gasteiger charge is -2.55. The van der Waals surface area contributed by atoms with Crippen molar-refractivity contribution in [3.05, 3.63) is 0 Å². The highest BCUT2D eigenvalue weighted by molar-refractivity contribution is 5.05. The Balaban J connectivity index is 1.25. The zero-order chi connectivity index (χ0) is 17.1. The molecule has 4 rings (SSSR count). The van der Waals surface area contributed by atoms with Crippen LogP contribution in [0.25, 0.3) is 0 Å². The Labute approximate surface area is 150 Å². The van der Waals surface area contributed by atoms with E-state index < -0.39 is 0 Å². The average molecular weight is 333 g/mol. The highest BCUT2D eigenvalue weighted by Crippen LogP contribution is 2.54. The van der Waals surface area contributed by atoms with Gasteiger partial charge in [0.05, 0.1) is 0 Å². The van der Waals surface area contributed by atoms with Crippen LogP contribution in [-0.4, -0.2) is 48.1 Å². The molecule has 0 radical (unpaired) electrons. The summed E-state index contributed by atoms with van der Waals surface area (Å²) < 4.78 is 0. The lowest BCUT2D eigenvalue weighted by molar-refractivity contribution is -0.0435. The Morgan fingerprint density at radius 2 is 1.46 bits per heavy atom. The van der Waals surface area contributed by atoms with Gasteiger partial charge in [-0.3, -0.25) is 4.90 Å². The van der Waals surface area contributed by atoms with Crippen molar-refractivity contribution in [2.24, 2.45) is 28.6 Å². The van der Waals surface area contributed by atoms with E-state index >= 15 is 0 Å². The molecule has 0 bridgehead atoms. The van der Waals surface area contributed by atoms with Crippen molar-refractivity contribution in [3.8, 4) is 0 Å². The first kappa shape index (κ1) is 17.3. The predicted octanol–water partition coefficient (Wildman–Crippen LogP) is 4.64. The number of fused-ring (bicyclic) bond motifs is 1. The monoisotopic (exact) mass is 332 g/mol. The maximum atomic E-state index is 2.91. The summed E-state index contributed by atoms with van der Waals surface area (Å²) in [6, 6.07) is 1.68. The summed E-state index contributed by atoms with van der Waals surface area (Å²) in [5.41, 5.74) is 1.27. The van der Waals surface area contributed by atoms with Crippen molar-refractivity contribution in [1.82, 2.24) is 9.80 Å². The van der Waals surface area contributed by atoms with Gasteiger partial charge in [-0.25, -0.2) is 0 Å². The molecule has 24 heavy (non-hydrogen) atoms. The lowest BCUT2D eigenvalue weighted by atomic mass is 9.60. The molecule has 4 fully saturated rings. The van der Waals surface area contributed by atoms with Gasteiger partial charge in [0, 0.05) is 25.2 Å². The van der Waals surface area contributed by atoms with Crippen molar-refractivity contribution < 1.29 is 0 Å². The van der Waals surface area contributed by atoms with E-state index in [0.717, 1.165) is 35.3 Å². The van der Waals surface area contributed by atoms with Crippen LogP contribution in [0.3, 0.4) is 0 Å². The fourth-order valence-electron chi connectivity index (χ4n) is 6.46.